The molecular weight excluding hydrogens is 255 g/mol. The SMILES string of the molecule is CCNC(c1cnn(C)c1)c1ccc(F)c(F)c1F. The smallest absolute Gasteiger partial charge is 0.194 e. The summed E-state index contributed by atoms with van der Waals surface area (Å²) in [4.78, 5) is 0. The van der Waals surface area contributed by atoms with Crippen LogP contribution < -0.4 is 5.32 Å². The molecule has 0 aliphatic carbocycles. The lowest BCUT2D eigenvalue weighted by Gasteiger charge is -2.18. The fourth-order valence-electron chi connectivity index (χ4n) is 1.96. The summed E-state index contributed by atoms with van der Waals surface area (Å²) in [6.45, 7) is 2.40. The zero-order valence-corrected chi connectivity index (χ0v) is 10.6. The minimum Gasteiger partial charge on any atom is -0.306 e. The van der Waals surface area contributed by atoms with E-state index < -0.39 is 23.5 Å². The zero-order chi connectivity index (χ0) is 14.0. The van der Waals surface area contributed by atoms with Gasteiger partial charge in [0.1, 0.15) is 0 Å². The van der Waals surface area contributed by atoms with Crippen LogP contribution in [-0.2, 0) is 7.05 Å². The maximum Gasteiger partial charge on any atom is 0.194 e. The second-order valence-corrected chi connectivity index (χ2v) is 4.20. The van der Waals surface area contributed by atoms with Gasteiger partial charge in [-0.15, -0.1) is 0 Å². The van der Waals surface area contributed by atoms with Crippen molar-refractivity contribution in [1.82, 2.24) is 15.1 Å². The molecule has 0 aliphatic rings. The van der Waals surface area contributed by atoms with Crippen molar-refractivity contribution in [3.8, 4) is 0 Å². The first-order valence-electron chi connectivity index (χ1n) is 5.90. The number of aromatic nitrogens is 2. The van der Waals surface area contributed by atoms with Gasteiger partial charge in [0.05, 0.1) is 12.2 Å². The van der Waals surface area contributed by atoms with E-state index in [9.17, 15) is 13.2 Å². The first kappa shape index (κ1) is 13.6. The van der Waals surface area contributed by atoms with Gasteiger partial charge in [-0.05, 0) is 12.6 Å². The van der Waals surface area contributed by atoms with Crippen molar-refractivity contribution in [3.63, 3.8) is 0 Å². The molecule has 0 fully saturated rings. The molecule has 3 nitrogen and oxygen atoms in total. The van der Waals surface area contributed by atoms with Gasteiger partial charge >= 0.3 is 0 Å². The van der Waals surface area contributed by atoms with Crippen LogP contribution in [0.2, 0.25) is 0 Å². The molecule has 0 spiro atoms. The summed E-state index contributed by atoms with van der Waals surface area (Å²) in [6, 6.07) is 1.61. The van der Waals surface area contributed by atoms with Gasteiger partial charge in [-0.2, -0.15) is 5.10 Å². The van der Waals surface area contributed by atoms with E-state index in [-0.39, 0.29) is 5.56 Å². The Morgan fingerprint density at radius 2 is 2.00 bits per heavy atom. The maximum absolute atomic E-state index is 13.8. The van der Waals surface area contributed by atoms with Gasteiger partial charge in [-0.3, -0.25) is 4.68 Å². The lowest BCUT2D eigenvalue weighted by molar-refractivity contribution is 0.433. The number of hydrogen-bond donors (Lipinski definition) is 1. The van der Waals surface area contributed by atoms with Crippen LogP contribution in [0.15, 0.2) is 24.5 Å². The quantitative estimate of drug-likeness (QED) is 0.864. The largest absolute Gasteiger partial charge is 0.306 e. The Labute approximate surface area is 109 Å². The van der Waals surface area contributed by atoms with Crippen LogP contribution >= 0.6 is 0 Å². The second-order valence-electron chi connectivity index (χ2n) is 4.20. The summed E-state index contributed by atoms with van der Waals surface area (Å²) in [5.41, 5.74) is 0.753. The first-order chi connectivity index (χ1) is 9.04. The average molecular weight is 269 g/mol. The molecular formula is C13H14F3N3. The van der Waals surface area contributed by atoms with E-state index in [1.54, 1.807) is 24.1 Å². The standard InChI is InChI=1S/C13H14F3N3/c1-3-17-13(8-6-18-19(2)7-8)9-4-5-10(14)12(16)11(9)15/h4-7,13,17H,3H2,1-2H3. The van der Waals surface area contributed by atoms with Crippen molar-refractivity contribution >= 4 is 0 Å². The molecule has 0 bridgehead atoms. The number of nitrogens with one attached hydrogen (secondary N) is 1. The van der Waals surface area contributed by atoms with Crippen LogP contribution in [0.25, 0.3) is 0 Å². The van der Waals surface area contributed by atoms with Gasteiger partial charge in [0.2, 0.25) is 0 Å². The molecule has 0 radical (unpaired) electrons. The van der Waals surface area contributed by atoms with Crippen LogP contribution in [0.5, 0.6) is 0 Å². The highest BCUT2D eigenvalue weighted by atomic mass is 19.2. The molecule has 102 valence electrons. The summed E-state index contributed by atoms with van der Waals surface area (Å²) in [6.07, 6.45) is 3.27. The Kier molecular flexibility index (Phi) is 3.90. The lowest BCUT2D eigenvalue weighted by atomic mass is 10.0. The number of halogens is 3. The molecule has 1 heterocycles. The van der Waals surface area contributed by atoms with Crippen LogP contribution in [0.3, 0.4) is 0 Å². The highest BCUT2D eigenvalue weighted by Gasteiger charge is 2.22. The van der Waals surface area contributed by atoms with Crippen molar-refractivity contribution < 1.29 is 13.2 Å². The number of benzene rings is 1. The van der Waals surface area contributed by atoms with Crippen molar-refractivity contribution in [3.05, 3.63) is 53.1 Å². The van der Waals surface area contributed by atoms with E-state index in [1.165, 1.54) is 6.07 Å². The summed E-state index contributed by atoms with van der Waals surface area (Å²) >= 11 is 0. The highest BCUT2D eigenvalue weighted by molar-refractivity contribution is 5.31. The molecule has 1 N–H and O–H groups in total. The Morgan fingerprint density at radius 1 is 1.26 bits per heavy atom. The summed E-state index contributed by atoms with van der Waals surface area (Å²) < 4.78 is 41.7. The van der Waals surface area contributed by atoms with Crippen LogP contribution in [0.1, 0.15) is 24.1 Å². The van der Waals surface area contributed by atoms with Crippen LogP contribution in [0.4, 0.5) is 13.2 Å². The van der Waals surface area contributed by atoms with Crippen molar-refractivity contribution in [1.29, 1.82) is 0 Å². The Hall–Kier alpha value is -1.82. The summed E-state index contributed by atoms with van der Waals surface area (Å²) in [5.74, 6) is -3.82. The molecule has 2 rings (SSSR count). The van der Waals surface area contributed by atoms with E-state index >= 15 is 0 Å². The Morgan fingerprint density at radius 3 is 2.58 bits per heavy atom. The molecule has 0 aliphatic heterocycles. The van der Waals surface area contributed by atoms with E-state index in [0.717, 1.165) is 6.07 Å². The Balaban J connectivity index is 2.48. The number of rotatable bonds is 4. The van der Waals surface area contributed by atoms with Gasteiger partial charge < -0.3 is 5.32 Å². The third-order valence-electron chi connectivity index (χ3n) is 2.84. The minimum atomic E-state index is -1.45. The molecule has 1 aromatic carbocycles. The summed E-state index contributed by atoms with van der Waals surface area (Å²) in [7, 11) is 1.73. The molecule has 1 atom stereocenters. The zero-order valence-electron chi connectivity index (χ0n) is 10.6. The third kappa shape index (κ3) is 2.63. The Bertz CT molecular complexity index is 581. The number of nitrogens with zero attached hydrogens (tertiary/aromatic N) is 2. The van der Waals surface area contributed by atoms with E-state index in [1.807, 2.05) is 6.92 Å². The fourth-order valence-corrected chi connectivity index (χ4v) is 1.96. The van der Waals surface area contributed by atoms with E-state index in [2.05, 4.69) is 10.4 Å². The molecule has 2 aromatic rings. The van der Waals surface area contributed by atoms with E-state index in [4.69, 9.17) is 0 Å². The van der Waals surface area contributed by atoms with Crippen LogP contribution in [0, 0.1) is 17.5 Å². The molecule has 0 saturated heterocycles. The van der Waals surface area contributed by atoms with Gasteiger partial charge in [0.15, 0.2) is 17.5 Å². The van der Waals surface area contributed by atoms with Gasteiger partial charge in [0, 0.05) is 24.4 Å². The highest BCUT2D eigenvalue weighted by Crippen LogP contribution is 2.26. The summed E-state index contributed by atoms with van der Waals surface area (Å²) in [5, 5.41) is 7.03. The van der Waals surface area contributed by atoms with Gasteiger partial charge in [0.25, 0.3) is 0 Å². The van der Waals surface area contributed by atoms with Gasteiger partial charge in [-0.25, -0.2) is 13.2 Å². The van der Waals surface area contributed by atoms with Crippen molar-refractivity contribution in [2.24, 2.45) is 7.05 Å². The average Bonchev–Trinajstić information content (AvgIpc) is 2.81. The lowest BCUT2D eigenvalue weighted by Crippen LogP contribution is -2.23. The minimum absolute atomic E-state index is 0.0637. The molecule has 19 heavy (non-hydrogen) atoms. The number of aryl methyl sites for hydroxylation is 1. The molecule has 6 heteroatoms. The number of hydrogen-bond acceptors (Lipinski definition) is 2. The maximum atomic E-state index is 13.8. The molecule has 1 unspecified atom stereocenters. The van der Waals surface area contributed by atoms with Crippen molar-refractivity contribution in [2.45, 2.75) is 13.0 Å². The predicted octanol–water partition coefficient (Wildman–Crippen LogP) is 2.54. The van der Waals surface area contributed by atoms with Crippen LogP contribution in [-0.4, -0.2) is 16.3 Å². The molecule has 0 saturated carbocycles. The third-order valence-corrected chi connectivity index (χ3v) is 2.84. The van der Waals surface area contributed by atoms with Gasteiger partial charge in [-0.1, -0.05) is 13.0 Å². The van der Waals surface area contributed by atoms with E-state index in [0.29, 0.717) is 12.1 Å². The first-order valence-corrected chi connectivity index (χ1v) is 5.90. The molecule has 0 amide bonds. The van der Waals surface area contributed by atoms with Crippen molar-refractivity contribution in [2.75, 3.05) is 6.54 Å². The topological polar surface area (TPSA) is 29.9 Å². The monoisotopic (exact) mass is 269 g/mol. The normalized spacial score (nSPS) is 12.7. The molecule has 1 aromatic heterocycles. The predicted molar refractivity (Wildman–Crippen MR) is 65.0 cm³/mol. The fraction of sp³-hybridized carbons (Fsp3) is 0.308. The second kappa shape index (κ2) is 5.44.